The molecule has 0 saturated heterocycles. The number of ether oxygens (including phenoxy) is 1. The summed E-state index contributed by atoms with van der Waals surface area (Å²) in [4.78, 5) is 35.8. The third kappa shape index (κ3) is 7.14. The summed E-state index contributed by atoms with van der Waals surface area (Å²) in [5, 5.41) is 18.0. The van der Waals surface area contributed by atoms with Crippen LogP contribution in [0.4, 0.5) is 0 Å². The molecular weight excluding hydrogens is 392 g/mol. The standard InChI is InChI=1S/C15H19N3O4.C5H11NO2/c1-8(13(17)14(19)20)22-15(21)11(16)6-9-7-18-12-5-3-2-4-10(9)12;1-3(2)4(6)5(7)8/h2-5,7-8,11,13,18H,6,16-17H2,1H3,(H,19,20);3-4H,6H2,1-2H3,(H,7,8)/t8-,11+,13+;4-/m10/s1. The molecule has 0 radical (unpaired) electrons. The Balaban J connectivity index is 0.000000479. The van der Waals surface area contributed by atoms with Crippen LogP contribution in [0.25, 0.3) is 10.9 Å². The maximum atomic E-state index is 11.9. The largest absolute Gasteiger partial charge is 0.480 e. The molecule has 0 fully saturated rings. The Hall–Kier alpha value is -2.95. The smallest absolute Gasteiger partial charge is 0.324 e. The number of carbonyl (C=O) groups is 3. The second kappa shape index (κ2) is 11.3. The first-order valence-electron chi connectivity index (χ1n) is 9.43. The highest BCUT2D eigenvalue weighted by molar-refractivity contribution is 5.84. The predicted octanol–water partition coefficient (Wildman–Crippen LogP) is 0.436. The molecular formula is C20H30N4O6. The summed E-state index contributed by atoms with van der Waals surface area (Å²) >= 11 is 0. The number of hydrogen-bond acceptors (Lipinski definition) is 7. The molecule has 0 aliphatic heterocycles. The van der Waals surface area contributed by atoms with Crippen LogP contribution in [-0.4, -0.2) is 57.3 Å². The number of H-pyrrole nitrogens is 1. The van der Waals surface area contributed by atoms with E-state index in [0.717, 1.165) is 16.5 Å². The van der Waals surface area contributed by atoms with Crippen LogP contribution in [-0.2, 0) is 25.5 Å². The number of hydrogen-bond donors (Lipinski definition) is 6. The first-order chi connectivity index (χ1) is 14.0. The topological polar surface area (TPSA) is 195 Å². The fourth-order valence-corrected chi connectivity index (χ4v) is 2.45. The SMILES string of the molecule is CC(C)[C@H](N)C(=O)O.C[C@@H](OC(=O)[C@@H](N)Cc1c[nH]c2ccccc12)[C@H](N)C(=O)O. The minimum atomic E-state index is -1.27. The Morgan fingerprint density at radius 1 is 1.00 bits per heavy atom. The highest BCUT2D eigenvalue weighted by Crippen LogP contribution is 2.19. The van der Waals surface area contributed by atoms with Gasteiger partial charge in [0.1, 0.15) is 24.2 Å². The van der Waals surface area contributed by atoms with Crippen molar-refractivity contribution in [1.29, 1.82) is 0 Å². The van der Waals surface area contributed by atoms with Crippen molar-refractivity contribution in [1.82, 2.24) is 4.98 Å². The highest BCUT2D eigenvalue weighted by atomic mass is 16.5. The fourth-order valence-electron chi connectivity index (χ4n) is 2.45. The van der Waals surface area contributed by atoms with Crippen molar-refractivity contribution >= 4 is 28.8 Å². The maximum Gasteiger partial charge on any atom is 0.324 e. The van der Waals surface area contributed by atoms with Gasteiger partial charge in [-0.2, -0.15) is 0 Å². The number of aromatic nitrogens is 1. The van der Waals surface area contributed by atoms with Crippen molar-refractivity contribution in [2.24, 2.45) is 23.1 Å². The molecule has 0 spiro atoms. The summed E-state index contributed by atoms with van der Waals surface area (Å²) in [5.41, 5.74) is 18.3. The van der Waals surface area contributed by atoms with Gasteiger partial charge in [-0.3, -0.25) is 14.4 Å². The van der Waals surface area contributed by atoms with Crippen molar-refractivity contribution in [3.05, 3.63) is 36.0 Å². The summed E-state index contributed by atoms with van der Waals surface area (Å²) in [6.07, 6.45) is 1.14. The van der Waals surface area contributed by atoms with E-state index in [1.54, 1.807) is 20.0 Å². The van der Waals surface area contributed by atoms with Crippen LogP contribution in [0, 0.1) is 5.92 Å². The molecule has 4 atom stereocenters. The maximum absolute atomic E-state index is 11.9. The van der Waals surface area contributed by atoms with E-state index in [9.17, 15) is 14.4 Å². The number of carboxylic acids is 2. The van der Waals surface area contributed by atoms with Gasteiger partial charge in [0.25, 0.3) is 0 Å². The van der Waals surface area contributed by atoms with Gasteiger partial charge in [-0.05, 0) is 24.5 Å². The van der Waals surface area contributed by atoms with Crippen molar-refractivity contribution in [2.75, 3.05) is 0 Å². The molecule has 10 nitrogen and oxygen atoms in total. The van der Waals surface area contributed by atoms with Crippen molar-refractivity contribution in [3.63, 3.8) is 0 Å². The van der Waals surface area contributed by atoms with Crippen LogP contribution in [0.2, 0.25) is 0 Å². The lowest BCUT2D eigenvalue weighted by Gasteiger charge is -2.19. The molecule has 1 heterocycles. The zero-order valence-electron chi connectivity index (χ0n) is 17.2. The first kappa shape index (κ1) is 25.1. The normalized spacial score (nSPS) is 14.9. The number of esters is 1. The molecule has 0 saturated carbocycles. The first-order valence-corrected chi connectivity index (χ1v) is 9.43. The van der Waals surface area contributed by atoms with Crippen molar-refractivity contribution in [3.8, 4) is 0 Å². The Morgan fingerprint density at radius 3 is 2.07 bits per heavy atom. The predicted molar refractivity (Wildman–Crippen MR) is 112 cm³/mol. The van der Waals surface area contributed by atoms with Crippen molar-refractivity contribution < 1.29 is 29.3 Å². The summed E-state index contributed by atoms with van der Waals surface area (Å²) in [6, 6.07) is 4.80. The molecule has 2 rings (SSSR count). The third-order valence-corrected chi connectivity index (χ3v) is 4.51. The van der Waals surface area contributed by atoms with Crippen LogP contribution < -0.4 is 17.2 Å². The lowest BCUT2D eigenvalue weighted by Crippen LogP contribution is -2.45. The molecule has 0 aliphatic carbocycles. The summed E-state index contributed by atoms with van der Waals surface area (Å²) in [5.74, 6) is -2.81. The number of para-hydroxylation sites is 1. The number of carboxylic acid groups (broad SMARTS) is 2. The highest BCUT2D eigenvalue weighted by Gasteiger charge is 2.26. The average Bonchev–Trinajstić information content (AvgIpc) is 3.09. The number of rotatable bonds is 8. The zero-order valence-corrected chi connectivity index (χ0v) is 17.2. The van der Waals surface area contributed by atoms with Gasteiger partial charge in [0.15, 0.2) is 0 Å². The zero-order chi connectivity index (χ0) is 23.0. The van der Waals surface area contributed by atoms with E-state index in [0.29, 0.717) is 0 Å². The number of benzene rings is 1. The molecule has 0 bridgehead atoms. The number of carbonyl (C=O) groups excluding carboxylic acids is 1. The fraction of sp³-hybridized carbons (Fsp3) is 0.450. The van der Waals surface area contributed by atoms with Crippen molar-refractivity contribution in [2.45, 2.75) is 51.4 Å². The van der Waals surface area contributed by atoms with E-state index in [1.807, 2.05) is 24.3 Å². The van der Waals surface area contributed by atoms with Gasteiger partial charge in [0.2, 0.25) is 0 Å². The van der Waals surface area contributed by atoms with Gasteiger partial charge in [-0.25, -0.2) is 0 Å². The van der Waals surface area contributed by atoms with Crippen LogP contribution >= 0.6 is 0 Å². The average molecular weight is 422 g/mol. The van der Waals surface area contributed by atoms with Gasteiger partial charge in [-0.15, -0.1) is 0 Å². The monoisotopic (exact) mass is 422 g/mol. The quantitative estimate of drug-likeness (QED) is 0.327. The van der Waals surface area contributed by atoms with Gasteiger partial charge < -0.3 is 37.1 Å². The number of aromatic amines is 1. The van der Waals surface area contributed by atoms with Gasteiger partial charge in [-0.1, -0.05) is 32.0 Å². The van der Waals surface area contributed by atoms with E-state index in [4.69, 9.17) is 32.2 Å². The summed E-state index contributed by atoms with van der Waals surface area (Å²) in [7, 11) is 0. The van der Waals surface area contributed by atoms with E-state index in [2.05, 4.69) is 4.98 Å². The number of aliphatic carboxylic acids is 2. The molecule has 10 heteroatoms. The summed E-state index contributed by atoms with van der Waals surface area (Å²) < 4.78 is 5.02. The number of fused-ring (bicyclic) bond motifs is 1. The Kier molecular flexibility index (Phi) is 9.44. The minimum absolute atomic E-state index is 0.0208. The Morgan fingerprint density at radius 2 is 1.57 bits per heavy atom. The van der Waals surface area contributed by atoms with Crippen LogP contribution in [0.1, 0.15) is 26.3 Å². The lowest BCUT2D eigenvalue weighted by atomic mass is 10.1. The van der Waals surface area contributed by atoms with E-state index >= 15 is 0 Å². The second-order valence-electron chi connectivity index (χ2n) is 7.28. The Labute approximate surface area is 174 Å². The molecule has 0 amide bonds. The molecule has 0 aliphatic rings. The molecule has 9 N–H and O–H groups in total. The minimum Gasteiger partial charge on any atom is -0.480 e. The number of nitrogens with two attached hydrogens (primary N) is 3. The molecule has 0 unspecified atom stereocenters. The Bertz CT molecular complexity index is 866. The van der Waals surface area contributed by atoms with Gasteiger partial charge in [0.05, 0.1) is 0 Å². The van der Waals surface area contributed by atoms with Crippen LogP contribution in [0.3, 0.4) is 0 Å². The molecule has 1 aromatic heterocycles. The summed E-state index contributed by atoms with van der Waals surface area (Å²) in [6.45, 7) is 4.98. The van der Waals surface area contributed by atoms with Gasteiger partial charge >= 0.3 is 17.9 Å². The number of nitrogens with one attached hydrogen (secondary N) is 1. The lowest BCUT2D eigenvalue weighted by molar-refractivity contribution is -0.154. The van der Waals surface area contributed by atoms with E-state index in [1.165, 1.54) is 6.92 Å². The second-order valence-corrected chi connectivity index (χ2v) is 7.28. The van der Waals surface area contributed by atoms with Crippen LogP contribution in [0.5, 0.6) is 0 Å². The van der Waals surface area contributed by atoms with Gasteiger partial charge in [0, 0.05) is 23.5 Å². The van der Waals surface area contributed by atoms with E-state index < -0.39 is 42.1 Å². The third-order valence-electron chi connectivity index (χ3n) is 4.51. The molecule has 2 aromatic rings. The molecule has 1 aromatic carbocycles. The van der Waals surface area contributed by atoms with E-state index in [-0.39, 0.29) is 12.3 Å². The van der Waals surface area contributed by atoms with Crippen LogP contribution in [0.15, 0.2) is 30.5 Å². The molecule has 30 heavy (non-hydrogen) atoms. The molecule has 166 valence electrons.